The summed E-state index contributed by atoms with van der Waals surface area (Å²) in [7, 11) is -3.44. The molecule has 170 valence electrons. The molecule has 2 aromatic rings. The number of nitrogens with zero attached hydrogens (tertiary/aromatic N) is 1. The van der Waals surface area contributed by atoms with Crippen LogP contribution in [-0.4, -0.2) is 39.8 Å². The van der Waals surface area contributed by atoms with Crippen molar-refractivity contribution >= 4 is 21.6 Å². The summed E-state index contributed by atoms with van der Waals surface area (Å²) < 4.78 is 31.7. The summed E-state index contributed by atoms with van der Waals surface area (Å²) >= 11 is 0. The quantitative estimate of drug-likeness (QED) is 0.597. The number of carbonyl (C=O) groups excluding carboxylic acids is 1. The van der Waals surface area contributed by atoms with Gasteiger partial charge in [-0.05, 0) is 87.6 Å². The maximum atomic E-state index is 12.3. The summed E-state index contributed by atoms with van der Waals surface area (Å²) in [5, 5.41) is 2.91. The van der Waals surface area contributed by atoms with E-state index in [2.05, 4.69) is 5.32 Å². The Labute approximate surface area is 186 Å². The zero-order valence-corrected chi connectivity index (χ0v) is 20.2. The first-order chi connectivity index (χ1) is 14.5. The third-order valence-electron chi connectivity index (χ3n) is 5.05. The van der Waals surface area contributed by atoms with Gasteiger partial charge in [0.1, 0.15) is 12.4 Å². The molecule has 0 aliphatic rings. The van der Waals surface area contributed by atoms with Gasteiger partial charge in [0.15, 0.2) is 0 Å². The van der Waals surface area contributed by atoms with Gasteiger partial charge in [0.05, 0.1) is 18.0 Å². The lowest BCUT2D eigenvalue weighted by atomic mass is 10.1. The van der Waals surface area contributed by atoms with Crippen LogP contribution in [0.25, 0.3) is 0 Å². The van der Waals surface area contributed by atoms with Crippen molar-refractivity contribution in [3.8, 4) is 5.75 Å². The van der Waals surface area contributed by atoms with Gasteiger partial charge in [-0.3, -0.25) is 9.10 Å². The molecule has 0 saturated heterocycles. The van der Waals surface area contributed by atoms with E-state index in [4.69, 9.17) is 4.74 Å². The molecule has 6 nitrogen and oxygen atoms in total. The SMILES string of the molecule is Cc1cc(C)cc(N(CCCC(=O)NC(C)COc2ccc(C)c(C)c2)S(C)(=O)=O)c1. The van der Waals surface area contributed by atoms with Crippen LogP contribution in [0.3, 0.4) is 0 Å². The minimum atomic E-state index is -3.44. The third-order valence-corrected chi connectivity index (χ3v) is 6.24. The fourth-order valence-corrected chi connectivity index (χ4v) is 4.33. The molecule has 0 heterocycles. The Morgan fingerprint density at radius 3 is 2.26 bits per heavy atom. The molecule has 0 saturated carbocycles. The lowest BCUT2D eigenvalue weighted by molar-refractivity contribution is -0.121. The van der Waals surface area contributed by atoms with Crippen molar-refractivity contribution in [3.63, 3.8) is 0 Å². The standard InChI is InChI=1S/C24H34N2O4S/c1-17-12-18(2)14-22(13-17)26(31(6,28)29)11-7-8-24(27)25-21(5)16-30-23-10-9-19(3)20(4)15-23/h9-10,12-15,21H,7-8,11,16H2,1-6H3,(H,25,27). The summed E-state index contributed by atoms with van der Waals surface area (Å²) in [5.74, 6) is 0.659. The van der Waals surface area contributed by atoms with Gasteiger partial charge in [-0.2, -0.15) is 0 Å². The van der Waals surface area contributed by atoms with Crippen LogP contribution in [0.2, 0.25) is 0 Å². The van der Waals surface area contributed by atoms with Crippen LogP contribution in [0, 0.1) is 27.7 Å². The van der Waals surface area contributed by atoms with Gasteiger partial charge in [-0.15, -0.1) is 0 Å². The number of hydrogen-bond donors (Lipinski definition) is 1. The molecule has 2 rings (SSSR count). The molecule has 1 atom stereocenters. The Morgan fingerprint density at radius 1 is 1.03 bits per heavy atom. The van der Waals surface area contributed by atoms with Gasteiger partial charge >= 0.3 is 0 Å². The van der Waals surface area contributed by atoms with Crippen molar-refractivity contribution in [2.45, 2.75) is 53.5 Å². The highest BCUT2D eigenvalue weighted by Gasteiger charge is 2.18. The van der Waals surface area contributed by atoms with Gasteiger partial charge in [0, 0.05) is 13.0 Å². The van der Waals surface area contributed by atoms with Crippen LogP contribution in [0.1, 0.15) is 42.0 Å². The summed E-state index contributed by atoms with van der Waals surface area (Å²) in [4.78, 5) is 12.3. The Balaban J connectivity index is 1.85. The number of nitrogens with one attached hydrogen (secondary N) is 1. The molecule has 0 bridgehead atoms. The first-order valence-electron chi connectivity index (χ1n) is 10.5. The van der Waals surface area contributed by atoms with Crippen LogP contribution in [0.5, 0.6) is 5.75 Å². The maximum Gasteiger partial charge on any atom is 0.232 e. The fourth-order valence-electron chi connectivity index (χ4n) is 3.38. The lowest BCUT2D eigenvalue weighted by Crippen LogP contribution is -2.37. The first kappa shape index (κ1) is 24.7. The molecule has 1 amide bonds. The van der Waals surface area contributed by atoms with Crippen LogP contribution in [-0.2, 0) is 14.8 Å². The monoisotopic (exact) mass is 446 g/mol. The summed E-state index contributed by atoms with van der Waals surface area (Å²) in [6, 6.07) is 11.5. The van der Waals surface area contributed by atoms with Gasteiger partial charge in [0.2, 0.25) is 15.9 Å². The van der Waals surface area contributed by atoms with E-state index in [1.807, 2.05) is 71.0 Å². The minimum Gasteiger partial charge on any atom is -0.491 e. The largest absolute Gasteiger partial charge is 0.491 e. The zero-order valence-electron chi connectivity index (χ0n) is 19.4. The number of ether oxygens (including phenoxy) is 1. The van der Waals surface area contributed by atoms with Gasteiger partial charge in [-0.1, -0.05) is 12.1 Å². The van der Waals surface area contributed by atoms with E-state index >= 15 is 0 Å². The van der Waals surface area contributed by atoms with E-state index in [-0.39, 0.29) is 24.9 Å². The number of amides is 1. The molecule has 0 spiro atoms. The van der Waals surface area contributed by atoms with Crippen molar-refractivity contribution < 1.29 is 17.9 Å². The van der Waals surface area contributed by atoms with E-state index < -0.39 is 10.0 Å². The number of sulfonamides is 1. The molecule has 1 unspecified atom stereocenters. The fraction of sp³-hybridized carbons (Fsp3) is 0.458. The van der Waals surface area contributed by atoms with E-state index in [0.717, 1.165) is 22.4 Å². The van der Waals surface area contributed by atoms with Crippen LogP contribution >= 0.6 is 0 Å². The maximum absolute atomic E-state index is 12.3. The van der Waals surface area contributed by atoms with Crippen LogP contribution < -0.4 is 14.4 Å². The van der Waals surface area contributed by atoms with Crippen molar-refractivity contribution in [1.29, 1.82) is 0 Å². The predicted molar refractivity (Wildman–Crippen MR) is 126 cm³/mol. The van der Waals surface area contributed by atoms with E-state index in [1.165, 1.54) is 16.1 Å². The second kappa shape index (κ2) is 10.7. The molecule has 1 N–H and O–H groups in total. The highest BCUT2D eigenvalue weighted by atomic mass is 32.2. The van der Waals surface area contributed by atoms with E-state index in [0.29, 0.717) is 18.7 Å². The Kier molecular flexibility index (Phi) is 8.51. The van der Waals surface area contributed by atoms with Crippen molar-refractivity contribution in [2.24, 2.45) is 0 Å². The van der Waals surface area contributed by atoms with Crippen molar-refractivity contribution in [2.75, 3.05) is 23.7 Å². The van der Waals surface area contributed by atoms with Gasteiger partial charge < -0.3 is 10.1 Å². The molecule has 7 heteroatoms. The molecule has 0 aromatic heterocycles. The Hall–Kier alpha value is -2.54. The highest BCUT2D eigenvalue weighted by Crippen LogP contribution is 2.22. The number of hydrogen-bond acceptors (Lipinski definition) is 4. The van der Waals surface area contributed by atoms with Gasteiger partial charge in [0.25, 0.3) is 0 Å². The van der Waals surface area contributed by atoms with Gasteiger partial charge in [-0.25, -0.2) is 8.42 Å². The Bertz CT molecular complexity index is 998. The second-order valence-electron chi connectivity index (χ2n) is 8.31. The summed E-state index contributed by atoms with van der Waals surface area (Å²) in [6.45, 7) is 10.5. The molecule has 31 heavy (non-hydrogen) atoms. The Morgan fingerprint density at radius 2 is 1.68 bits per heavy atom. The molecule has 0 aliphatic carbocycles. The molecular formula is C24H34N2O4S. The topological polar surface area (TPSA) is 75.7 Å². The smallest absolute Gasteiger partial charge is 0.232 e. The predicted octanol–water partition coefficient (Wildman–Crippen LogP) is 4.05. The summed E-state index contributed by atoms with van der Waals surface area (Å²) in [5.41, 5.74) is 5.00. The first-order valence-corrected chi connectivity index (χ1v) is 12.4. The minimum absolute atomic E-state index is 0.120. The molecular weight excluding hydrogens is 412 g/mol. The van der Waals surface area contributed by atoms with Crippen LogP contribution in [0.4, 0.5) is 5.69 Å². The lowest BCUT2D eigenvalue weighted by Gasteiger charge is -2.23. The summed E-state index contributed by atoms with van der Waals surface area (Å²) in [6.07, 6.45) is 1.86. The molecule has 0 radical (unpaired) electrons. The number of anilines is 1. The average Bonchev–Trinajstić information content (AvgIpc) is 2.64. The van der Waals surface area contributed by atoms with Crippen molar-refractivity contribution in [3.05, 3.63) is 58.7 Å². The number of carbonyl (C=O) groups is 1. The number of benzene rings is 2. The third kappa shape index (κ3) is 7.90. The second-order valence-corrected chi connectivity index (χ2v) is 10.2. The molecule has 0 fully saturated rings. The number of rotatable bonds is 10. The van der Waals surface area contributed by atoms with E-state index in [1.54, 1.807) is 0 Å². The average molecular weight is 447 g/mol. The molecule has 0 aliphatic heterocycles. The van der Waals surface area contributed by atoms with Crippen LogP contribution in [0.15, 0.2) is 36.4 Å². The van der Waals surface area contributed by atoms with E-state index in [9.17, 15) is 13.2 Å². The normalized spacial score (nSPS) is 12.3. The van der Waals surface area contributed by atoms with Crippen molar-refractivity contribution in [1.82, 2.24) is 5.32 Å². The number of aryl methyl sites for hydroxylation is 4. The zero-order chi connectivity index (χ0) is 23.2. The molecule has 2 aromatic carbocycles. The highest BCUT2D eigenvalue weighted by molar-refractivity contribution is 7.92.